The first-order valence-electron chi connectivity index (χ1n) is 7.84. The standard InChI is InChI=1S/C16H22O9/c1-2-11(24-15(22)8-5-3-4-6-9(8)18)25-16-14(21)13(20)12(19)10(7-17)23-16/h3-6,10-14,16-21H,2,7H2,1H3/t10-,11?,12-,13+,14-,16?/m1/s1. The lowest BCUT2D eigenvalue weighted by atomic mass is 9.99. The lowest BCUT2D eigenvalue weighted by Crippen LogP contribution is -2.59. The summed E-state index contributed by atoms with van der Waals surface area (Å²) in [4.78, 5) is 12.1. The molecule has 2 unspecified atom stereocenters. The molecule has 0 spiro atoms. The Balaban J connectivity index is 2.03. The molecule has 1 aromatic rings. The molecule has 1 fully saturated rings. The van der Waals surface area contributed by atoms with Gasteiger partial charge in [0, 0.05) is 6.42 Å². The molecule has 1 saturated heterocycles. The monoisotopic (exact) mass is 358 g/mol. The first kappa shape index (κ1) is 19.6. The predicted molar refractivity (Wildman–Crippen MR) is 82.5 cm³/mol. The number of hydrogen-bond donors (Lipinski definition) is 5. The highest BCUT2D eigenvalue weighted by molar-refractivity contribution is 5.92. The molecule has 140 valence electrons. The van der Waals surface area contributed by atoms with Crippen LogP contribution in [-0.2, 0) is 14.2 Å². The molecule has 5 N–H and O–H groups in total. The number of aliphatic hydroxyl groups is 4. The normalized spacial score (nSPS) is 30.7. The number of phenolic OH excluding ortho intramolecular Hbond substituents is 1. The van der Waals surface area contributed by atoms with Crippen LogP contribution in [0.15, 0.2) is 24.3 Å². The molecule has 0 aromatic heterocycles. The number of para-hydroxylation sites is 1. The van der Waals surface area contributed by atoms with Gasteiger partial charge in [-0.1, -0.05) is 19.1 Å². The van der Waals surface area contributed by atoms with E-state index in [1.54, 1.807) is 19.1 Å². The third-order valence-electron chi connectivity index (χ3n) is 3.83. The van der Waals surface area contributed by atoms with Crippen molar-refractivity contribution in [2.45, 2.75) is 50.3 Å². The van der Waals surface area contributed by atoms with Crippen LogP contribution < -0.4 is 0 Å². The van der Waals surface area contributed by atoms with Gasteiger partial charge in [0.2, 0.25) is 6.29 Å². The third kappa shape index (κ3) is 4.46. The third-order valence-corrected chi connectivity index (χ3v) is 3.83. The molecule has 25 heavy (non-hydrogen) atoms. The zero-order valence-electron chi connectivity index (χ0n) is 13.6. The minimum Gasteiger partial charge on any atom is -0.507 e. The highest BCUT2D eigenvalue weighted by atomic mass is 16.8. The summed E-state index contributed by atoms with van der Waals surface area (Å²) in [5.41, 5.74) is -0.0571. The summed E-state index contributed by atoms with van der Waals surface area (Å²) in [6.45, 7) is 1.05. The molecule has 0 aliphatic carbocycles. The van der Waals surface area contributed by atoms with Crippen molar-refractivity contribution < 1.29 is 44.5 Å². The van der Waals surface area contributed by atoms with E-state index in [1.165, 1.54) is 12.1 Å². The fourth-order valence-corrected chi connectivity index (χ4v) is 2.37. The number of phenols is 1. The molecule has 0 amide bonds. The summed E-state index contributed by atoms with van der Waals surface area (Å²) < 4.78 is 15.7. The molecule has 1 aromatic carbocycles. The van der Waals surface area contributed by atoms with E-state index >= 15 is 0 Å². The van der Waals surface area contributed by atoms with Crippen molar-refractivity contribution in [2.24, 2.45) is 0 Å². The number of aromatic hydroxyl groups is 1. The Labute approximate surface area is 144 Å². The van der Waals surface area contributed by atoms with Gasteiger partial charge in [0.15, 0.2) is 6.29 Å². The van der Waals surface area contributed by atoms with E-state index in [0.717, 1.165) is 0 Å². The zero-order chi connectivity index (χ0) is 18.6. The summed E-state index contributed by atoms with van der Waals surface area (Å²) >= 11 is 0. The average molecular weight is 358 g/mol. The van der Waals surface area contributed by atoms with Crippen molar-refractivity contribution in [3.8, 4) is 5.75 Å². The van der Waals surface area contributed by atoms with Crippen LogP contribution in [0.2, 0.25) is 0 Å². The molecule has 9 nitrogen and oxygen atoms in total. The Morgan fingerprint density at radius 3 is 2.48 bits per heavy atom. The molecule has 0 radical (unpaired) electrons. The van der Waals surface area contributed by atoms with Crippen molar-refractivity contribution in [3.05, 3.63) is 29.8 Å². The molecule has 1 aliphatic rings. The van der Waals surface area contributed by atoms with Crippen LogP contribution in [0, 0.1) is 0 Å². The maximum absolute atomic E-state index is 12.1. The van der Waals surface area contributed by atoms with Gasteiger partial charge in [-0.25, -0.2) is 4.79 Å². The fourth-order valence-electron chi connectivity index (χ4n) is 2.37. The lowest BCUT2D eigenvalue weighted by molar-refractivity contribution is -0.330. The Hall–Kier alpha value is -1.75. The molecular formula is C16H22O9. The van der Waals surface area contributed by atoms with Gasteiger partial charge >= 0.3 is 5.97 Å². The Morgan fingerprint density at radius 2 is 1.88 bits per heavy atom. The minimum atomic E-state index is -1.60. The second-order valence-electron chi connectivity index (χ2n) is 5.59. The average Bonchev–Trinajstić information content (AvgIpc) is 2.61. The second kappa shape index (κ2) is 8.56. The van der Waals surface area contributed by atoms with Crippen LogP contribution in [0.1, 0.15) is 23.7 Å². The number of rotatable bonds is 6. The Morgan fingerprint density at radius 1 is 1.20 bits per heavy atom. The van der Waals surface area contributed by atoms with Crippen molar-refractivity contribution in [3.63, 3.8) is 0 Å². The number of carbonyl (C=O) groups excluding carboxylic acids is 1. The van der Waals surface area contributed by atoms with E-state index in [9.17, 15) is 25.2 Å². The van der Waals surface area contributed by atoms with Gasteiger partial charge in [0.05, 0.1) is 6.61 Å². The quantitative estimate of drug-likeness (QED) is 0.322. The molecule has 9 heteroatoms. The van der Waals surface area contributed by atoms with Crippen molar-refractivity contribution in [1.82, 2.24) is 0 Å². The molecule has 2 rings (SSSR count). The van der Waals surface area contributed by atoms with Gasteiger partial charge in [-0.15, -0.1) is 0 Å². The molecule has 0 saturated carbocycles. The fraction of sp³-hybridized carbons (Fsp3) is 0.562. The van der Waals surface area contributed by atoms with Gasteiger partial charge in [0.25, 0.3) is 0 Å². The van der Waals surface area contributed by atoms with Crippen molar-refractivity contribution in [2.75, 3.05) is 6.61 Å². The van der Waals surface area contributed by atoms with Gasteiger partial charge in [-0.05, 0) is 12.1 Å². The molecule has 1 aliphatic heterocycles. The van der Waals surface area contributed by atoms with Crippen molar-refractivity contribution >= 4 is 5.97 Å². The summed E-state index contributed by atoms with van der Waals surface area (Å²) in [7, 11) is 0. The highest BCUT2D eigenvalue weighted by Crippen LogP contribution is 2.24. The number of ether oxygens (including phenoxy) is 3. The van der Waals surface area contributed by atoms with Crippen LogP contribution in [0.25, 0.3) is 0 Å². The topological polar surface area (TPSA) is 146 Å². The van der Waals surface area contributed by atoms with Crippen LogP contribution in [0.4, 0.5) is 0 Å². The molecule has 6 atom stereocenters. The van der Waals surface area contributed by atoms with Crippen LogP contribution in [0.5, 0.6) is 5.75 Å². The number of esters is 1. The maximum atomic E-state index is 12.1. The van der Waals surface area contributed by atoms with Crippen LogP contribution >= 0.6 is 0 Å². The van der Waals surface area contributed by atoms with Gasteiger partial charge < -0.3 is 39.7 Å². The van der Waals surface area contributed by atoms with E-state index in [-0.39, 0.29) is 17.7 Å². The number of hydrogen-bond acceptors (Lipinski definition) is 9. The van der Waals surface area contributed by atoms with E-state index in [4.69, 9.17) is 19.3 Å². The minimum absolute atomic E-state index is 0.0571. The van der Waals surface area contributed by atoms with Gasteiger partial charge in [-0.2, -0.15) is 0 Å². The number of aliphatic hydroxyl groups excluding tert-OH is 4. The van der Waals surface area contributed by atoms with E-state index in [0.29, 0.717) is 0 Å². The van der Waals surface area contributed by atoms with Gasteiger partial charge in [-0.3, -0.25) is 0 Å². The number of carbonyl (C=O) groups is 1. The van der Waals surface area contributed by atoms with Crippen LogP contribution in [-0.4, -0.2) is 75.1 Å². The SMILES string of the molecule is CCC(OC(=O)c1ccccc1O)OC1O[C@H](CO)[C@@H](O)[C@H](O)[C@H]1O. The highest BCUT2D eigenvalue weighted by Gasteiger charge is 2.45. The Bertz CT molecular complexity index is 576. The van der Waals surface area contributed by atoms with Crippen molar-refractivity contribution in [1.29, 1.82) is 0 Å². The molecular weight excluding hydrogens is 336 g/mol. The smallest absolute Gasteiger partial charge is 0.344 e. The summed E-state index contributed by atoms with van der Waals surface area (Å²) in [5, 5.41) is 48.2. The van der Waals surface area contributed by atoms with E-state index in [1.807, 2.05) is 0 Å². The first-order chi connectivity index (χ1) is 11.9. The summed E-state index contributed by atoms with van der Waals surface area (Å²) in [5.74, 6) is -1.09. The van der Waals surface area contributed by atoms with Gasteiger partial charge in [0.1, 0.15) is 35.7 Å². The second-order valence-corrected chi connectivity index (χ2v) is 5.59. The summed E-state index contributed by atoms with van der Waals surface area (Å²) in [6, 6.07) is 5.80. The lowest BCUT2D eigenvalue weighted by Gasteiger charge is -2.40. The predicted octanol–water partition coefficient (Wildman–Crippen LogP) is -0.898. The zero-order valence-corrected chi connectivity index (χ0v) is 13.6. The first-order valence-corrected chi connectivity index (χ1v) is 7.84. The largest absolute Gasteiger partial charge is 0.507 e. The van der Waals surface area contributed by atoms with Crippen LogP contribution in [0.3, 0.4) is 0 Å². The number of benzene rings is 1. The molecule has 0 bridgehead atoms. The van der Waals surface area contributed by atoms with E-state index < -0.39 is 49.6 Å². The molecule has 1 heterocycles. The maximum Gasteiger partial charge on any atom is 0.344 e. The van der Waals surface area contributed by atoms with E-state index in [2.05, 4.69) is 0 Å². The Kier molecular flexibility index (Phi) is 6.71. The summed E-state index contributed by atoms with van der Waals surface area (Å²) in [6.07, 6.45) is -8.21.